The van der Waals surface area contributed by atoms with Crippen LogP contribution in [0.1, 0.15) is 24.4 Å². The topological polar surface area (TPSA) is 45.6 Å². The Labute approximate surface area is 101 Å². The zero-order valence-electron chi connectivity index (χ0n) is 10.4. The quantitative estimate of drug-likeness (QED) is 0.827. The molecule has 0 aliphatic rings. The van der Waals surface area contributed by atoms with Crippen LogP contribution in [0.25, 0.3) is 0 Å². The SMILES string of the molecule is CCc1nc(N(C)C(C)COC)sc1CO. The van der Waals surface area contributed by atoms with E-state index in [0.717, 1.165) is 22.1 Å². The Morgan fingerprint density at radius 1 is 1.56 bits per heavy atom. The van der Waals surface area contributed by atoms with Gasteiger partial charge in [-0.25, -0.2) is 4.98 Å². The number of hydrogen-bond donors (Lipinski definition) is 1. The lowest BCUT2D eigenvalue weighted by molar-refractivity contribution is 0.183. The standard InChI is InChI=1S/C11H20N2O2S/c1-5-9-10(6-14)16-11(12-9)13(3)8(2)7-15-4/h8,14H,5-7H2,1-4H3. The van der Waals surface area contributed by atoms with Gasteiger partial charge in [-0.3, -0.25) is 0 Å². The number of aryl methyl sites for hydroxylation is 1. The van der Waals surface area contributed by atoms with Crippen molar-refractivity contribution in [2.24, 2.45) is 0 Å². The molecule has 1 aromatic rings. The Bertz CT molecular complexity index is 306. The number of methoxy groups -OCH3 is 1. The molecule has 0 amide bonds. The molecule has 1 rings (SSSR count). The molecule has 0 saturated carbocycles. The Morgan fingerprint density at radius 3 is 2.69 bits per heavy atom. The van der Waals surface area contributed by atoms with Crippen LogP contribution in [0.3, 0.4) is 0 Å². The molecule has 92 valence electrons. The maximum atomic E-state index is 9.21. The molecule has 1 atom stereocenters. The monoisotopic (exact) mass is 244 g/mol. The van der Waals surface area contributed by atoms with Crippen molar-refractivity contribution in [3.8, 4) is 0 Å². The van der Waals surface area contributed by atoms with Crippen LogP contribution in [0.2, 0.25) is 0 Å². The number of rotatable bonds is 6. The summed E-state index contributed by atoms with van der Waals surface area (Å²) in [7, 11) is 3.70. The van der Waals surface area contributed by atoms with Crippen molar-refractivity contribution in [2.75, 3.05) is 25.7 Å². The summed E-state index contributed by atoms with van der Waals surface area (Å²) < 4.78 is 5.12. The molecule has 0 aromatic carbocycles. The van der Waals surface area contributed by atoms with E-state index in [-0.39, 0.29) is 12.6 Å². The van der Waals surface area contributed by atoms with Crippen molar-refractivity contribution in [2.45, 2.75) is 32.9 Å². The van der Waals surface area contributed by atoms with Gasteiger partial charge in [-0.2, -0.15) is 0 Å². The summed E-state index contributed by atoms with van der Waals surface area (Å²) >= 11 is 1.56. The summed E-state index contributed by atoms with van der Waals surface area (Å²) in [5.74, 6) is 0. The van der Waals surface area contributed by atoms with Crippen molar-refractivity contribution in [1.29, 1.82) is 0 Å². The number of aliphatic hydroxyl groups excluding tert-OH is 1. The van der Waals surface area contributed by atoms with Crippen LogP contribution in [-0.4, -0.2) is 36.9 Å². The van der Waals surface area contributed by atoms with E-state index < -0.39 is 0 Å². The van der Waals surface area contributed by atoms with E-state index in [9.17, 15) is 5.11 Å². The number of nitrogens with zero attached hydrogens (tertiary/aromatic N) is 2. The van der Waals surface area contributed by atoms with Gasteiger partial charge in [-0.15, -0.1) is 0 Å². The van der Waals surface area contributed by atoms with Crippen molar-refractivity contribution in [3.05, 3.63) is 10.6 Å². The van der Waals surface area contributed by atoms with Gasteiger partial charge in [0.1, 0.15) is 0 Å². The third kappa shape index (κ3) is 2.93. The normalized spacial score (nSPS) is 12.8. The second-order valence-corrected chi connectivity index (χ2v) is 4.86. The number of likely N-dealkylation sites (N-methyl/N-ethyl adjacent to an activating group) is 1. The van der Waals surface area contributed by atoms with E-state index in [0.29, 0.717) is 6.61 Å². The molecule has 1 unspecified atom stereocenters. The van der Waals surface area contributed by atoms with Gasteiger partial charge in [0, 0.05) is 14.2 Å². The maximum absolute atomic E-state index is 9.21. The molecular weight excluding hydrogens is 224 g/mol. The lowest BCUT2D eigenvalue weighted by atomic mass is 10.3. The van der Waals surface area contributed by atoms with Gasteiger partial charge < -0.3 is 14.7 Å². The first-order chi connectivity index (χ1) is 7.63. The maximum Gasteiger partial charge on any atom is 0.185 e. The van der Waals surface area contributed by atoms with Crippen LogP contribution in [0, 0.1) is 0 Å². The highest BCUT2D eigenvalue weighted by Crippen LogP contribution is 2.27. The van der Waals surface area contributed by atoms with Gasteiger partial charge in [0.25, 0.3) is 0 Å². The molecule has 0 bridgehead atoms. The predicted octanol–water partition coefficient (Wildman–Crippen LogP) is 1.67. The van der Waals surface area contributed by atoms with E-state index in [2.05, 4.69) is 23.7 Å². The molecule has 1 heterocycles. The number of thiazole rings is 1. The molecule has 0 fully saturated rings. The molecule has 5 heteroatoms. The van der Waals surface area contributed by atoms with Crippen LogP contribution in [-0.2, 0) is 17.8 Å². The molecule has 0 radical (unpaired) electrons. The van der Waals surface area contributed by atoms with Crippen molar-refractivity contribution in [3.63, 3.8) is 0 Å². The summed E-state index contributed by atoms with van der Waals surface area (Å²) in [6.45, 7) is 4.89. The Hall–Kier alpha value is -0.650. The highest BCUT2D eigenvalue weighted by Gasteiger charge is 2.16. The minimum atomic E-state index is 0.0767. The summed E-state index contributed by atoms with van der Waals surface area (Å²) in [5, 5.41) is 10.2. The molecule has 0 spiro atoms. The van der Waals surface area contributed by atoms with E-state index in [1.165, 1.54) is 0 Å². The van der Waals surface area contributed by atoms with Crippen LogP contribution >= 0.6 is 11.3 Å². The van der Waals surface area contributed by atoms with E-state index in [1.54, 1.807) is 18.4 Å². The van der Waals surface area contributed by atoms with E-state index in [4.69, 9.17) is 4.74 Å². The fraction of sp³-hybridized carbons (Fsp3) is 0.727. The molecule has 0 aliphatic heterocycles. The Kier molecular flexibility index (Phi) is 5.18. The number of aliphatic hydroxyl groups is 1. The molecule has 1 N–H and O–H groups in total. The van der Waals surface area contributed by atoms with E-state index >= 15 is 0 Å². The highest BCUT2D eigenvalue weighted by molar-refractivity contribution is 7.15. The molecule has 0 aliphatic carbocycles. The van der Waals surface area contributed by atoms with Crippen LogP contribution in [0.4, 0.5) is 5.13 Å². The zero-order chi connectivity index (χ0) is 12.1. The minimum absolute atomic E-state index is 0.0767. The molecule has 0 saturated heterocycles. The first-order valence-electron chi connectivity index (χ1n) is 5.45. The largest absolute Gasteiger partial charge is 0.391 e. The smallest absolute Gasteiger partial charge is 0.185 e. The molecule has 1 aromatic heterocycles. The second kappa shape index (κ2) is 6.18. The van der Waals surface area contributed by atoms with Crippen molar-refractivity contribution < 1.29 is 9.84 Å². The lowest BCUT2D eigenvalue weighted by Gasteiger charge is -2.23. The summed E-state index contributed by atoms with van der Waals surface area (Å²) in [6, 6.07) is 0.285. The van der Waals surface area contributed by atoms with Gasteiger partial charge in [0.05, 0.1) is 29.8 Å². The lowest BCUT2D eigenvalue weighted by Crippen LogP contribution is -2.32. The van der Waals surface area contributed by atoms with Gasteiger partial charge in [-0.1, -0.05) is 18.3 Å². The van der Waals surface area contributed by atoms with Crippen molar-refractivity contribution in [1.82, 2.24) is 4.98 Å². The van der Waals surface area contributed by atoms with Crippen LogP contribution in [0.15, 0.2) is 0 Å². The predicted molar refractivity (Wildman–Crippen MR) is 67.2 cm³/mol. The van der Waals surface area contributed by atoms with Crippen LogP contribution in [0.5, 0.6) is 0 Å². The van der Waals surface area contributed by atoms with E-state index in [1.807, 2.05) is 7.05 Å². The van der Waals surface area contributed by atoms with Gasteiger partial charge >= 0.3 is 0 Å². The summed E-state index contributed by atoms with van der Waals surface area (Å²) in [4.78, 5) is 7.59. The van der Waals surface area contributed by atoms with Gasteiger partial charge in [0.2, 0.25) is 0 Å². The number of ether oxygens (including phenoxy) is 1. The second-order valence-electron chi connectivity index (χ2n) is 3.79. The molecular formula is C11H20N2O2S. The summed E-state index contributed by atoms with van der Waals surface area (Å²) in [6.07, 6.45) is 0.860. The highest BCUT2D eigenvalue weighted by atomic mass is 32.1. The third-order valence-corrected chi connectivity index (χ3v) is 3.79. The first-order valence-corrected chi connectivity index (χ1v) is 6.26. The fourth-order valence-corrected chi connectivity index (χ4v) is 2.53. The molecule has 4 nitrogen and oxygen atoms in total. The van der Waals surface area contributed by atoms with Gasteiger partial charge in [0.15, 0.2) is 5.13 Å². The Morgan fingerprint density at radius 2 is 2.25 bits per heavy atom. The average molecular weight is 244 g/mol. The first kappa shape index (κ1) is 13.4. The van der Waals surface area contributed by atoms with Crippen LogP contribution < -0.4 is 4.90 Å². The summed E-state index contributed by atoms with van der Waals surface area (Å²) in [5.41, 5.74) is 0.999. The van der Waals surface area contributed by atoms with Gasteiger partial charge in [-0.05, 0) is 13.3 Å². The minimum Gasteiger partial charge on any atom is -0.391 e. The van der Waals surface area contributed by atoms with Crippen molar-refractivity contribution >= 4 is 16.5 Å². The zero-order valence-corrected chi connectivity index (χ0v) is 11.2. The third-order valence-electron chi connectivity index (χ3n) is 2.62. The number of anilines is 1. The molecule has 16 heavy (non-hydrogen) atoms. The number of aromatic nitrogens is 1. The average Bonchev–Trinajstić information content (AvgIpc) is 2.71. The Balaban J connectivity index is 2.82. The fourth-order valence-electron chi connectivity index (χ4n) is 1.46. The number of hydrogen-bond acceptors (Lipinski definition) is 5.